The Hall–Kier alpha value is -2.27. The first-order valence-corrected chi connectivity index (χ1v) is 5.30. The van der Waals surface area contributed by atoms with Gasteiger partial charge in [-0.25, -0.2) is 9.78 Å². The summed E-state index contributed by atoms with van der Waals surface area (Å²) in [6.45, 7) is 0. The molecule has 0 saturated heterocycles. The largest absolute Gasteiger partial charge is 0.871 e. The van der Waals surface area contributed by atoms with Gasteiger partial charge in [-0.15, -0.1) is 0 Å². The number of anilines is 1. The summed E-state index contributed by atoms with van der Waals surface area (Å²) < 4.78 is 0. The third kappa shape index (κ3) is 4.31. The van der Waals surface area contributed by atoms with Crippen molar-refractivity contribution in [3.05, 3.63) is 53.3 Å². The number of carboxylic acids is 1. The SMILES string of the molecule is Nc1ccc[nH+]c1.O=C(O)c1ccc([O-])c(Cl)c1. The molecule has 94 valence electrons. The average molecular weight is 267 g/mol. The zero-order chi connectivity index (χ0) is 13.5. The van der Waals surface area contributed by atoms with Gasteiger partial charge in [-0.3, -0.25) is 0 Å². The van der Waals surface area contributed by atoms with Crippen molar-refractivity contribution in [2.45, 2.75) is 0 Å². The van der Waals surface area contributed by atoms with Crippen LogP contribution in [0.5, 0.6) is 5.75 Å². The van der Waals surface area contributed by atoms with E-state index in [1.807, 2.05) is 18.3 Å². The fraction of sp³-hybridized carbons (Fsp3) is 0. The Balaban J connectivity index is 0.000000199. The zero-order valence-corrected chi connectivity index (χ0v) is 10.0. The summed E-state index contributed by atoms with van der Waals surface area (Å²) in [6, 6.07) is 7.17. The third-order valence-corrected chi connectivity index (χ3v) is 2.21. The second-order valence-electron chi connectivity index (χ2n) is 3.29. The lowest BCUT2D eigenvalue weighted by molar-refractivity contribution is -0.377. The maximum absolute atomic E-state index is 10.7. The van der Waals surface area contributed by atoms with Gasteiger partial charge in [0.1, 0.15) is 0 Å². The maximum atomic E-state index is 10.7. The molecule has 0 bridgehead atoms. The van der Waals surface area contributed by atoms with Crippen LogP contribution in [0.25, 0.3) is 0 Å². The minimum absolute atomic E-state index is 0.0228. The molecule has 0 radical (unpaired) electrons. The highest BCUT2D eigenvalue weighted by Crippen LogP contribution is 2.20. The van der Waals surface area contributed by atoms with Crippen molar-refractivity contribution < 1.29 is 20.0 Å². The van der Waals surface area contributed by atoms with E-state index in [1.54, 1.807) is 6.20 Å². The van der Waals surface area contributed by atoms with Crippen LogP contribution in [0, 0.1) is 0 Å². The van der Waals surface area contributed by atoms with Crippen molar-refractivity contribution in [3.63, 3.8) is 0 Å². The van der Waals surface area contributed by atoms with E-state index in [0.717, 1.165) is 17.8 Å². The molecule has 0 atom stereocenters. The van der Waals surface area contributed by atoms with Crippen molar-refractivity contribution in [2.75, 3.05) is 5.73 Å². The number of aromatic carboxylic acids is 1. The first kappa shape index (κ1) is 13.8. The molecule has 6 heteroatoms. The molecule has 0 aliphatic heterocycles. The predicted molar refractivity (Wildman–Crippen MR) is 65.3 cm³/mol. The van der Waals surface area contributed by atoms with Crippen LogP contribution in [0.1, 0.15) is 10.4 Å². The molecule has 2 aromatic rings. The summed E-state index contributed by atoms with van der Waals surface area (Å²) in [5, 5.41) is 19.0. The van der Waals surface area contributed by atoms with Gasteiger partial charge >= 0.3 is 5.97 Å². The van der Waals surface area contributed by atoms with Gasteiger partial charge in [0.05, 0.1) is 11.3 Å². The number of nitrogens with one attached hydrogen (secondary N) is 1. The van der Waals surface area contributed by atoms with Gasteiger partial charge in [0.15, 0.2) is 12.4 Å². The summed E-state index contributed by atoms with van der Waals surface area (Å²) in [7, 11) is 0. The second-order valence-corrected chi connectivity index (χ2v) is 3.69. The molecule has 0 aliphatic rings. The molecule has 0 saturated carbocycles. The lowest BCUT2D eigenvalue weighted by Crippen LogP contribution is -1.99. The fourth-order valence-corrected chi connectivity index (χ4v) is 1.22. The van der Waals surface area contributed by atoms with Gasteiger partial charge in [-0.05, 0) is 18.2 Å². The monoisotopic (exact) mass is 266 g/mol. The quantitative estimate of drug-likeness (QED) is 0.810. The van der Waals surface area contributed by atoms with E-state index in [2.05, 4.69) is 4.98 Å². The summed E-state index contributed by atoms with van der Waals surface area (Å²) in [6.07, 6.45) is 3.55. The van der Waals surface area contributed by atoms with Gasteiger partial charge in [-0.2, -0.15) is 0 Å². The number of halogens is 1. The molecule has 0 fully saturated rings. The molecule has 5 nitrogen and oxygen atoms in total. The van der Waals surface area contributed by atoms with Crippen LogP contribution in [-0.2, 0) is 0 Å². The third-order valence-electron chi connectivity index (χ3n) is 1.91. The summed E-state index contributed by atoms with van der Waals surface area (Å²) in [5.74, 6) is -1.46. The number of aromatic amines is 1. The van der Waals surface area contributed by atoms with Crippen LogP contribution in [0.15, 0.2) is 42.7 Å². The number of carbonyl (C=O) groups is 1. The van der Waals surface area contributed by atoms with Crippen LogP contribution >= 0.6 is 11.6 Å². The Bertz CT molecular complexity index is 532. The molecule has 0 aliphatic carbocycles. The predicted octanol–water partition coefficient (Wildman–Crippen LogP) is 1.19. The van der Waals surface area contributed by atoms with Gasteiger partial charge in [0, 0.05) is 11.1 Å². The van der Waals surface area contributed by atoms with Gasteiger partial charge < -0.3 is 15.9 Å². The van der Waals surface area contributed by atoms with E-state index in [1.165, 1.54) is 6.07 Å². The number of hydrogen-bond acceptors (Lipinski definition) is 3. The Labute approximate surface area is 108 Å². The van der Waals surface area contributed by atoms with E-state index in [0.29, 0.717) is 0 Å². The number of H-pyrrole nitrogens is 1. The minimum Gasteiger partial charge on any atom is -0.871 e. The van der Waals surface area contributed by atoms with Gasteiger partial charge in [0.2, 0.25) is 0 Å². The molecule has 0 unspecified atom stereocenters. The normalized spacial score (nSPS) is 9.17. The highest BCUT2D eigenvalue weighted by Gasteiger charge is 2.01. The fourth-order valence-electron chi connectivity index (χ4n) is 1.04. The minimum atomic E-state index is -1.09. The number of pyridine rings is 1. The molecule has 2 rings (SSSR count). The average Bonchev–Trinajstić information content (AvgIpc) is 2.34. The number of carboxylic acid groups (broad SMARTS) is 1. The van der Waals surface area contributed by atoms with Crippen LogP contribution < -0.4 is 15.8 Å². The van der Waals surface area contributed by atoms with Crippen LogP contribution in [0.3, 0.4) is 0 Å². The van der Waals surface area contributed by atoms with E-state index in [4.69, 9.17) is 22.4 Å². The van der Waals surface area contributed by atoms with Crippen molar-refractivity contribution in [3.8, 4) is 5.75 Å². The van der Waals surface area contributed by atoms with E-state index in [9.17, 15) is 9.90 Å². The van der Waals surface area contributed by atoms with Crippen LogP contribution in [-0.4, -0.2) is 11.1 Å². The van der Waals surface area contributed by atoms with E-state index < -0.39 is 5.97 Å². The lowest BCUT2D eigenvalue weighted by atomic mass is 10.2. The van der Waals surface area contributed by atoms with Crippen molar-refractivity contribution in [1.29, 1.82) is 0 Å². The molecule has 1 heterocycles. The number of aromatic nitrogens is 1. The number of hydrogen-bond donors (Lipinski definition) is 2. The Kier molecular flexibility index (Phi) is 4.95. The van der Waals surface area contributed by atoms with Gasteiger partial charge in [-0.1, -0.05) is 23.4 Å². The Morgan fingerprint density at radius 2 is 2.11 bits per heavy atom. The number of nitrogens with two attached hydrogens (primary N) is 1. The molecule has 0 spiro atoms. The molecule has 0 amide bonds. The standard InChI is InChI=1S/C7H5ClO3.C5H6N2/c8-5-3-4(7(10)11)1-2-6(5)9;6-5-2-1-3-7-4-5/h1-3,9H,(H,10,11);1-4H,6H2. The zero-order valence-electron chi connectivity index (χ0n) is 9.26. The molecule has 1 aromatic heterocycles. The lowest BCUT2D eigenvalue weighted by Gasteiger charge is -2.06. The molecule has 1 aromatic carbocycles. The molecular formula is C12H11ClN2O3. The number of benzene rings is 1. The molecule has 18 heavy (non-hydrogen) atoms. The molecular weight excluding hydrogens is 256 g/mol. The summed E-state index contributed by atoms with van der Waals surface area (Å²) in [4.78, 5) is 13.1. The molecule has 4 N–H and O–H groups in total. The summed E-state index contributed by atoms with van der Waals surface area (Å²) >= 11 is 5.38. The highest BCUT2D eigenvalue weighted by atomic mass is 35.5. The maximum Gasteiger partial charge on any atom is 0.335 e. The number of nitrogen functional groups attached to an aromatic ring is 1. The first-order valence-electron chi connectivity index (χ1n) is 4.92. The highest BCUT2D eigenvalue weighted by molar-refractivity contribution is 6.32. The van der Waals surface area contributed by atoms with Crippen LogP contribution in [0.4, 0.5) is 5.69 Å². The van der Waals surface area contributed by atoms with Crippen molar-refractivity contribution in [1.82, 2.24) is 0 Å². The van der Waals surface area contributed by atoms with Crippen LogP contribution in [0.2, 0.25) is 5.02 Å². The van der Waals surface area contributed by atoms with Crippen molar-refractivity contribution in [2.24, 2.45) is 0 Å². The Morgan fingerprint density at radius 1 is 1.39 bits per heavy atom. The first-order chi connectivity index (χ1) is 8.50. The topological polar surface area (TPSA) is 101 Å². The smallest absolute Gasteiger partial charge is 0.335 e. The number of rotatable bonds is 1. The van der Waals surface area contributed by atoms with E-state index in [-0.39, 0.29) is 16.3 Å². The second kappa shape index (κ2) is 6.46. The summed E-state index contributed by atoms with van der Waals surface area (Å²) in [5.41, 5.74) is 6.12. The Morgan fingerprint density at radius 3 is 2.50 bits per heavy atom. The van der Waals surface area contributed by atoms with Gasteiger partial charge in [0.25, 0.3) is 0 Å². The van der Waals surface area contributed by atoms with E-state index >= 15 is 0 Å². The van der Waals surface area contributed by atoms with Crippen molar-refractivity contribution >= 4 is 23.3 Å².